The number of ether oxygens (including phenoxy) is 2. The Balaban J connectivity index is 1.78. The van der Waals surface area contributed by atoms with Crippen LogP contribution in [0.15, 0.2) is 23.6 Å². The Labute approximate surface area is 136 Å². The molecule has 0 saturated heterocycles. The fourth-order valence-electron chi connectivity index (χ4n) is 2.16. The number of rotatable bonds is 4. The van der Waals surface area contributed by atoms with Gasteiger partial charge in [-0.25, -0.2) is 4.98 Å². The standard InChI is InChI=1S/C16H15NO3S2/c1-9-16(22-10(2)17-9)7-19-12-4-5-13-14(20-11(3)18)8-21-15(13)6-12/h4-6,8H,7H2,1-3H3. The molecule has 0 saturated carbocycles. The van der Waals surface area contributed by atoms with Gasteiger partial charge in [0.2, 0.25) is 0 Å². The number of aromatic nitrogens is 1. The molecule has 2 aromatic heterocycles. The van der Waals surface area contributed by atoms with Crippen LogP contribution in [0.25, 0.3) is 10.1 Å². The molecule has 0 amide bonds. The number of nitrogens with zero attached hydrogens (tertiary/aromatic N) is 1. The van der Waals surface area contributed by atoms with E-state index in [9.17, 15) is 4.79 Å². The summed E-state index contributed by atoms with van der Waals surface area (Å²) in [5, 5.41) is 3.82. The highest BCUT2D eigenvalue weighted by molar-refractivity contribution is 7.17. The lowest BCUT2D eigenvalue weighted by molar-refractivity contribution is -0.131. The SMILES string of the molecule is CC(=O)Oc1csc2cc(OCc3sc(C)nc3C)ccc12. The Bertz CT molecular complexity index is 835. The van der Waals surface area contributed by atoms with Crippen molar-refractivity contribution in [1.29, 1.82) is 0 Å². The second-order valence-corrected chi connectivity index (χ2v) is 7.08. The number of thiophene rings is 1. The molecule has 0 bridgehead atoms. The van der Waals surface area contributed by atoms with E-state index < -0.39 is 0 Å². The molecule has 6 heteroatoms. The fraction of sp³-hybridized carbons (Fsp3) is 0.250. The maximum atomic E-state index is 11.1. The van der Waals surface area contributed by atoms with Crippen LogP contribution < -0.4 is 9.47 Å². The first-order valence-corrected chi connectivity index (χ1v) is 8.48. The summed E-state index contributed by atoms with van der Waals surface area (Å²) in [6.45, 7) is 5.91. The molecule has 0 atom stereocenters. The van der Waals surface area contributed by atoms with Crippen LogP contribution in [0, 0.1) is 13.8 Å². The number of thiazole rings is 1. The van der Waals surface area contributed by atoms with E-state index in [0.29, 0.717) is 12.4 Å². The number of esters is 1. The van der Waals surface area contributed by atoms with E-state index in [1.54, 1.807) is 11.3 Å². The van der Waals surface area contributed by atoms with Gasteiger partial charge in [-0.1, -0.05) is 0 Å². The summed E-state index contributed by atoms with van der Waals surface area (Å²) >= 11 is 3.19. The van der Waals surface area contributed by atoms with Gasteiger partial charge in [0.05, 0.1) is 15.6 Å². The molecule has 0 fully saturated rings. The summed E-state index contributed by atoms with van der Waals surface area (Å²) in [5.41, 5.74) is 1.02. The highest BCUT2D eigenvalue weighted by Crippen LogP contribution is 2.35. The molecule has 4 nitrogen and oxygen atoms in total. The first-order valence-electron chi connectivity index (χ1n) is 6.78. The lowest BCUT2D eigenvalue weighted by Crippen LogP contribution is -2.00. The van der Waals surface area contributed by atoms with Gasteiger partial charge in [-0.2, -0.15) is 0 Å². The second kappa shape index (κ2) is 6.06. The number of fused-ring (bicyclic) bond motifs is 1. The van der Waals surface area contributed by atoms with Gasteiger partial charge in [-0.3, -0.25) is 4.79 Å². The summed E-state index contributed by atoms with van der Waals surface area (Å²) < 4.78 is 12.1. The zero-order valence-electron chi connectivity index (χ0n) is 12.5. The number of hydrogen-bond donors (Lipinski definition) is 0. The number of benzene rings is 1. The third-order valence-corrected chi connectivity index (χ3v) is 5.10. The molecule has 3 aromatic rings. The largest absolute Gasteiger partial charge is 0.488 e. The van der Waals surface area contributed by atoms with Crippen molar-refractivity contribution in [2.45, 2.75) is 27.4 Å². The van der Waals surface area contributed by atoms with Crippen LogP contribution in [0.2, 0.25) is 0 Å². The Kier molecular flexibility index (Phi) is 4.13. The van der Waals surface area contributed by atoms with E-state index in [0.717, 1.165) is 31.4 Å². The summed E-state index contributed by atoms with van der Waals surface area (Å²) in [7, 11) is 0. The minimum Gasteiger partial charge on any atom is -0.488 e. The van der Waals surface area contributed by atoms with Gasteiger partial charge in [-0.15, -0.1) is 22.7 Å². The molecule has 1 aromatic carbocycles. The predicted octanol–water partition coefficient (Wildman–Crippen LogP) is 4.48. The molecule has 22 heavy (non-hydrogen) atoms. The topological polar surface area (TPSA) is 48.4 Å². The molecule has 0 aliphatic heterocycles. The smallest absolute Gasteiger partial charge is 0.308 e. The average Bonchev–Trinajstić information content (AvgIpc) is 2.99. The highest BCUT2D eigenvalue weighted by Gasteiger charge is 2.10. The number of carbonyl (C=O) groups excluding carboxylic acids is 1. The zero-order chi connectivity index (χ0) is 15.7. The molecule has 114 valence electrons. The van der Waals surface area contributed by atoms with E-state index in [2.05, 4.69) is 4.98 Å². The lowest BCUT2D eigenvalue weighted by atomic mass is 10.2. The molecule has 0 unspecified atom stereocenters. The van der Waals surface area contributed by atoms with Gasteiger partial charge >= 0.3 is 5.97 Å². The van der Waals surface area contributed by atoms with Gasteiger partial charge in [0.25, 0.3) is 0 Å². The third kappa shape index (κ3) is 3.13. The molecule has 0 spiro atoms. The average molecular weight is 333 g/mol. The van der Waals surface area contributed by atoms with E-state index in [1.165, 1.54) is 18.3 Å². The number of aryl methyl sites for hydroxylation is 2. The van der Waals surface area contributed by atoms with Crippen LogP contribution in [0.3, 0.4) is 0 Å². The summed E-state index contributed by atoms with van der Waals surface area (Å²) in [4.78, 5) is 16.6. The zero-order valence-corrected chi connectivity index (χ0v) is 14.1. The minimum atomic E-state index is -0.309. The van der Waals surface area contributed by atoms with Gasteiger partial charge in [-0.05, 0) is 32.0 Å². The number of hydrogen-bond acceptors (Lipinski definition) is 6. The fourth-order valence-corrected chi connectivity index (χ4v) is 3.90. The maximum Gasteiger partial charge on any atom is 0.308 e. The van der Waals surface area contributed by atoms with Gasteiger partial charge in [0.15, 0.2) is 0 Å². The van der Waals surface area contributed by atoms with Crippen LogP contribution in [0.4, 0.5) is 0 Å². The molecule has 0 radical (unpaired) electrons. The van der Waals surface area contributed by atoms with E-state index in [-0.39, 0.29) is 5.97 Å². The molecular formula is C16H15NO3S2. The minimum absolute atomic E-state index is 0.309. The van der Waals surface area contributed by atoms with Crippen molar-refractivity contribution in [3.05, 3.63) is 39.2 Å². The summed E-state index contributed by atoms with van der Waals surface area (Å²) in [6.07, 6.45) is 0. The molecular weight excluding hydrogens is 318 g/mol. The Morgan fingerprint density at radius 2 is 2.14 bits per heavy atom. The normalized spacial score (nSPS) is 10.9. The van der Waals surface area contributed by atoms with Crippen molar-refractivity contribution >= 4 is 38.7 Å². The Hall–Kier alpha value is -1.92. The van der Waals surface area contributed by atoms with Crippen LogP contribution in [-0.4, -0.2) is 11.0 Å². The Morgan fingerprint density at radius 3 is 2.82 bits per heavy atom. The van der Waals surface area contributed by atoms with Crippen molar-refractivity contribution in [3.8, 4) is 11.5 Å². The van der Waals surface area contributed by atoms with Crippen LogP contribution in [-0.2, 0) is 11.4 Å². The third-order valence-electron chi connectivity index (χ3n) is 3.13. The summed E-state index contributed by atoms with van der Waals surface area (Å²) in [5.74, 6) is 1.10. The monoisotopic (exact) mass is 333 g/mol. The van der Waals surface area contributed by atoms with Gasteiger partial charge < -0.3 is 9.47 Å². The van der Waals surface area contributed by atoms with Gasteiger partial charge in [0.1, 0.15) is 18.1 Å². The van der Waals surface area contributed by atoms with Crippen LogP contribution in [0.1, 0.15) is 22.5 Å². The highest BCUT2D eigenvalue weighted by atomic mass is 32.1. The van der Waals surface area contributed by atoms with Crippen molar-refractivity contribution in [2.24, 2.45) is 0 Å². The first kappa shape index (κ1) is 15.0. The summed E-state index contributed by atoms with van der Waals surface area (Å²) in [6, 6.07) is 5.78. The van der Waals surface area contributed by atoms with E-state index in [1.807, 2.05) is 37.4 Å². The molecule has 0 N–H and O–H groups in total. The molecule has 0 aliphatic rings. The molecule has 2 heterocycles. The first-order chi connectivity index (χ1) is 10.5. The quantitative estimate of drug-likeness (QED) is 0.661. The van der Waals surface area contributed by atoms with E-state index in [4.69, 9.17) is 9.47 Å². The van der Waals surface area contributed by atoms with Crippen LogP contribution in [0.5, 0.6) is 11.5 Å². The van der Waals surface area contributed by atoms with Crippen molar-refractivity contribution in [3.63, 3.8) is 0 Å². The van der Waals surface area contributed by atoms with E-state index >= 15 is 0 Å². The van der Waals surface area contributed by atoms with Crippen molar-refractivity contribution < 1.29 is 14.3 Å². The predicted molar refractivity (Wildman–Crippen MR) is 89.1 cm³/mol. The molecule has 0 aliphatic carbocycles. The number of carbonyl (C=O) groups is 1. The van der Waals surface area contributed by atoms with Crippen molar-refractivity contribution in [2.75, 3.05) is 0 Å². The Morgan fingerprint density at radius 1 is 1.32 bits per heavy atom. The van der Waals surface area contributed by atoms with Gasteiger partial charge in [0, 0.05) is 22.4 Å². The lowest BCUT2D eigenvalue weighted by Gasteiger charge is -2.05. The second-order valence-electron chi connectivity index (χ2n) is 4.88. The maximum absolute atomic E-state index is 11.1. The van der Waals surface area contributed by atoms with Crippen LogP contribution >= 0.6 is 22.7 Å². The van der Waals surface area contributed by atoms with Crippen molar-refractivity contribution in [1.82, 2.24) is 4.98 Å². The molecule has 3 rings (SSSR count).